The number of nitrogens with zero attached hydrogens (tertiary/aromatic N) is 16. The molecule has 4 aromatic heterocycles. The van der Waals surface area contributed by atoms with E-state index in [-0.39, 0.29) is 136 Å². The standard InChI is InChI=1S/C29H30N6O2.C26H34N6O4S.C24H27F3N6O4S.C23H26F2N6O3/c1-31-18-29(35-17-25(26(30)36)27(33-35)32-28(37)20-7-8-20)10-12-34(13-11-29)16-19-6-9-24-22(14-19)15-21-4-2-3-5-23(21)24;1-18(2)37(35,36)16-20-6-4-5-19(13-20)14-31-11-9-26(10-12-31,17-28-3)32-15-22(23(27)33)24(30-32)29-25(34)21-7-8-21;1-29-15-23(33-13-19(20(28)34)21(31-33)30-22(35)18-5-6-18)7-9-32(10-8-23)12-16-3-2-4-17(11-16)14-38(36,37)24(25,26)27;1-27-14-23(31-13-18(19(26)32)20(29-31)28-21(33)16-5-6-16)7-9-30(10-8-23)12-15-3-2-4-17(11-15)34-22(24)25/h2-6,9,14,17,20H,7-8,10-13,15-16,18H2,(H2,30,36)(H,32,33,37);4-6,13,15,18,21H,7-12,14,16-17H2,1-2H3,(H2,27,33)(H,29,30,34);2-4,11,13,18H,5-10,12,14-15H2,(H2,28,34)(H,30,31,35);2-4,11,13,16,22H,5-10,12,14H2,(H2,26,32)(H,28,29,33). The van der Waals surface area contributed by atoms with Crippen molar-refractivity contribution in [2.45, 2.75) is 200 Å². The molecule has 5 aliphatic carbocycles. The number of nitrogens with one attached hydrogen (secondary N) is 4. The summed E-state index contributed by atoms with van der Waals surface area (Å²) in [6, 6.07) is 35.7. The highest BCUT2D eigenvalue weighted by Crippen LogP contribution is 2.44. The monoisotopic (exact) mass is 2040 g/mol. The van der Waals surface area contributed by atoms with Gasteiger partial charge in [-0.25, -0.2) is 43.1 Å². The van der Waals surface area contributed by atoms with Crippen molar-refractivity contribution in [1.29, 1.82) is 0 Å². The molecule has 44 heteroatoms. The molecule has 0 bridgehead atoms. The van der Waals surface area contributed by atoms with Crippen molar-refractivity contribution in [3.63, 3.8) is 0 Å². The van der Waals surface area contributed by atoms with E-state index in [0.717, 1.165) is 107 Å². The molecule has 8 amide bonds. The van der Waals surface area contributed by atoms with Crippen LogP contribution in [0.1, 0.15) is 203 Å². The number of amides is 8. The summed E-state index contributed by atoms with van der Waals surface area (Å²) in [7, 11) is -8.46. The summed E-state index contributed by atoms with van der Waals surface area (Å²) in [6.45, 7) is 39.0. The lowest BCUT2D eigenvalue weighted by molar-refractivity contribution is -0.118. The van der Waals surface area contributed by atoms with Crippen LogP contribution in [0.15, 0.2) is 140 Å². The van der Waals surface area contributed by atoms with E-state index in [1.807, 2.05) is 35.2 Å². The molecule has 0 atom stereocenters. The van der Waals surface area contributed by atoms with E-state index in [2.05, 4.69) is 123 Å². The lowest BCUT2D eigenvalue weighted by Crippen LogP contribution is -2.48. The zero-order chi connectivity index (χ0) is 104. The Morgan fingerprint density at radius 1 is 0.404 bits per heavy atom. The Labute approximate surface area is 842 Å². The van der Waals surface area contributed by atoms with Gasteiger partial charge in [0.25, 0.3) is 33.5 Å². The third-order valence-electron chi connectivity index (χ3n) is 28.6. The van der Waals surface area contributed by atoms with Gasteiger partial charge < -0.3 is 68.3 Å². The predicted molar refractivity (Wildman–Crippen MR) is 531 cm³/mol. The number of fused-ring (bicyclic) bond motifs is 3. The minimum atomic E-state index is -5.32. The Hall–Kier alpha value is -14.2. The van der Waals surface area contributed by atoms with E-state index < -0.39 is 88.6 Å². The first kappa shape index (κ1) is 106. The predicted octanol–water partition coefficient (Wildman–Crippen LogP) is 11.9. The van der Waals surface area contributed by atoms with Crippen LogP contribution in [0, 0.1) is 50.0 Å². The molecule has 9 aliphatic rings. The summed E-state index contributed by atoms with van der Waals surface area (Å²) in [5.74, 6) is -4.09. The van der Waals surface area contributed by atoms with E-state index in [4.69, 9.17) is 49.2 Å². The maximum absolute atomic E-state index is 12.8. The van der Waals surface area contributed by atoms with Gasteiger partial charge in [-0.3, -0.25) is 76.7 Å². The molecule has 0 unspecified atom stereocenters. The smallest absolute Gasteiger partial charge is 0.435 e. The molecular formula is C102H117F5N24O13S2. The number of hydrogen-bond acceptors (Lipinski definition) is 21. The van der Waals surface area contributed by atoms with Crippen LogP contribution < -0.4 is 48.9 Å². The highest BCUT2D eigenvalue weighted by Gasteiger charge is 2.49. The van der Waals surface area contributed by atoms with Crippen molar-refractivity contribution in [2.75, 3.05) is 99.8 Å². The third-order valence-corrected chi connectivity index (χ3v) is 32.2. The number of alkyl halides is 5. The molecule has 4 saturated heterocycles. The number of anilines is 4. The molecule has 18 rings (SSSR count). The quantitative estimate of drug-likeness (QED) is 0.0135. The summed E-state index contributed by atoms with van der Waals surface area (Å²) in [5.41, 5.74) is 25.0. The summed E-state index contributed by atoms with van der Waals surface area (Å²) < 4.78 is 122. The lowest BCUT2D eigenvalue weighted by Gasteiger charge is -2.38. The number of primary amides is 4. The molecule has 4 aliphatic heterocycles. The van der Waals surface area contributed by atoms with Crippen LogP contribution in [-0.2, 0) is 105 Å². The maximum atomic E-state index is 12.8. The number of hydrogen-bond donors (Lipinski definition) is 8. The topological polar surface area (TPSA) is 468 Å². The Morgan fingerprint density at radius 2 is 0.699 bits per heavy atom. The van der Waals surface area contributed by atoms with Crippen molar-refractivity contribution in [2.24, 2.45) is 46.6 Å². The number of aromatic nitrogens is 8. The SMILES string of the molecule is [C-]#[N+]CC1(n2cc(C(N)=O)c(NC(=O)C3CC3)n2)CCN(Cc2ccc3c(c2)Cc2ccccc2-3)CC1.[C-]#[N+]CC1(n2cc(C(N)=O)c(NC(=O)C3CC3)n2)CCN(Cc2cccc(CS(=O)(=O)C(C)C)c2)CC1.[C-]#[N+]CC1(n2cc(C(N)=O)c(NC(=O)C3CC3)n2)CCN(Cc2cccc(CS(=O)(=O)C(F)(F)F)c2)CC1.[C-]#[N+]CC1(n2cc(C(N)=O)c(NC(=O)C3CC3)n2)CCN(Cc2cccc(OC(F)F)c2)CC1. The fourth-order valence-corrected chi connectivity index (χ4v) is 21.0. The zero-order valence-electron chi connectivity index (χ0n) is 81.0. The second-order valence-corrected chi connectivity index (χ2v) is 44.2. The van der Waals surface area contributed by atoms with E-state index in [1.165, 1.54) is 64.5 Å². The minimum Gasteiger partial charge on any atom is -0.435 e. The van der Waals surface area contributed by atoms with E-state index >= 15 is 0 Å². The second kappa shape index (κ2) is 44.8. The molecule has 12 N–H and O–H groups in total. The average Bonchev–Trinajstić information content (AvgIpc) is 1.63. The fraction of sp³-hybridized carbons (Fsp3) is 0.471. The summed E-state index contributed by atoms with van der Waals surface area (Å²) in [5, 5.41) is 28.5. The number of halogens is 5. The summed E-state index contributed by atoms with van der Waals surface area (Å²) >= 11 is 0. The Morgan fingerprint density at radius 3 is 1.00 bits per heavy atom. The third kappa shape index (κ3) is 25.8. The molecule has 0 radical (unpaired) electrons. The first-order valence-electron chi connectivity index (χ1n) is 48.6. The van der Waals surface area contributed by atoms with Gasteiger partial charge in [-0.2, -0.15) is 42.3 Å². The van der Waals surface area contributed by atoms with Crippen molar-refractivity contribution < 1.29 is 81.9 Å². The number of nitrogens with two attached hydrogens (primary N) is 4. The van der Waals surface area contributed by atoms with Gasteiger partial charge in [0.2, 0.25) is 49.8 Å². The largest absolute Gasteiger partial charge is 0.497 e. The Bertz CT molecular complexity index is 6820. The van der Waals surface area contributed by atoms with E-state index in [0.29, 0.717) is 103 Å². The molecule has 4 saturated carbocycles. The van der Waals surface area contributed by atoms with Crippen molar-refractivity contribution in [3.05, 3.63) is 252 Å². The zero-order valence-corrected chi connectivity index (χ0v) is 82.6. The number of ether oxygens (including phenoxy) is 1. The lowest BCUT2D eigenvalue weighted by atomic mass is 9.87. The van der Waals surface area contributed by atoms with Gasteiger partial charge in [-0.1, -0.05) is 103 Å². The van der Waals surface area contributed by atoms with Gasteiger partial charge in [0.05, 0.1) is 16.8 Å². The van der Waals surface area contributed by atoms with Crippen LogP contribution in [0.25, 0.3) is 30.5 Å². The molecule has 0 spiro atoms. The van der Waals surface area contributed by atoms with E-state index in [1.54, 1.807) is 63.2 Å². The van der Waals surface area contributed by atoms with Crippen molar-refractivity contribution >= 4 is 90.2 Å². The molecule has 9 aromatic rings. The van der Waals surface area contributed by atoms with Crippen LogP contribution in [0.4, 0.5) is 45.2 Å². The van der Waals surface area contributed by atoms with Crippen LogP contribution in [0.2, 0.25) is 0 Å². The molecule has 770 valence electrons. The van der Waals surface area contributed by atoms with Crippen LogP contribution in [-0.4, -0.2) is 219 Å². The number of benzene rings is 5. The highest BCUT2D eigenvalue weighted by atomic mass is 32.2. The normalized spacial score (nSPS) is 18.0. The second-order valence-electron chi connectivity index (χ2n) is 39.7. The summed E-state index contributed by atoms with van der Waals surface area (Å²) in [6.07, 6.45) is 18.5. The minimum absolute atomic E-state index is 0.0142. The fourth-order valence-electron chi connectivity index (χ4n) is 19.2. The van der Waals surface area contributed by atoms with Crippen molar-refractivity contribution in [1.82, 2.24) is 58.7 Å². The van der Waals surface area contributed by atoms with E-state index in [9.17, 15) is 77.1 Å². The van der Waals surface area contributed by atoms with Gasteiger partial charge in [0.15, 0.2) is 33.1 Å². The molecular weight excluding hydrogens is 1930 g/mol. The number of rotatable bonds is 35. The Balaban J connectivity index is 0.000000146. The van der Waals surface area contributed by atoms with Gasteiger partial charge in [-0.05, 0) is 191 Å². The molecule has 5 aromatic carbocycles. The maximum Gasteiger partial charge on any atom is 0.497 e. The molecule has 8 heterocycles. The first-order valence-corrected chi connectivity index (χ1v) is 51.9. The number of carbonyl (C=O) groups excluding carboxylic acids is 8. The van der Waals surface area contributed by atoms with Gasteiger partial charge in [0.1, 0.15) is 50.2 Å². The van der Waals surface area contributed by atoms with Crippen LogP contribution in [0.5, 0.6) is 5.75 Å². The van der Waals surface area contributed by atoms with Crippen LogP contribution in [0.3, 0.4) is 0 Å². The summed E-state index contributed by atoms with van der Waals surface area (Å²) in [4.78, 5) is 121. The van der Waals surface area contributed by atoms with Gasteiger partial charge >= 0.3 is 12.1 Å². The average molecular weight is 2050 g/mol. The number of likely N-dealkylation sites (tertiary alicyclic amines) is 4. The molecule has 37 nitrogen and oxygen atoms in total. The molecule has 146 heavy (non-hydrogen) atoms. The first-order chi connectivity index (χ1) is 69.6. The highest BCUT2D eigenvalue weighted by molar-refractivity contribution is 7.91. The molecule has 8 fully saturated rings. The Kier molecular flexibility index (Phi) is 32.6. The number of carbonyl (C=O) groups is 8. The van der Waals surface area contributed by atoms with Gasteiger partial charge in [0, 0.05) is 127 Å². The number of sulfone groups is 2. The van der Waals surface area contributed by atoms with Crippen molar-refractivity contribution in [3.8, 4) is 16.9 Å². The number of piperidine rings is 4. The van der Waals surface area contributed by atoms with Crippen LogP contribution >= 0.6 is 0 Å². The van der Waals surface area contributed by atoms with Gasteiger partial charge in [-0.15, -0.1) is 0 Å².